The van der Waals surface area contributed by atoms with Crippen LogP contribution < -0.4 is 20.1 Å². The van der Waals surface area contributed by atoms with E-state index in [0.717, 1.165) is 12.8 Å². The third-order valence-electron chi connectivity index (χ3n) is 4.71. The first-order chi connectivity index (χ1) is 12.6. The normalized spacial score (nSPS) is 27.0. The molecular weight excluding hydrogens is 340 g/mol. The molecule has 2 saturated heterocycles. The topological polar surface area (TPSA) is 95.1 Å². The van der Waals surface area contributed by atoms with Crippen molar-refractivity contribution in [2.45, 2.75) is 25.0 Å². The minimum atomic E-state index is -0.755. The number of benzene rings is 1. The Morgan fingerprint density at radius 3 is 2.96 bits per heavy atom. The molecule has 138 valence electrons. The van der Waals surface area contributed by atoms with Crippen LogP contribution in [-0.4, -0.2) is 38.1 Å². The first-order valence-corrected chi connectivity index (χ1v) is 8.56. The highest BCUT2D eigenvalue weighted by molar-refractivity contribution is 5.85. The summed E-state index contributed by atoms with van der Waals surface area (Å²) < 4.78 is 21.6. The van der Waals surface area contributed by atoms with E-state index in [9.17, 15) is 9.59 Å². The lowest BCUT2D eigenvalue weighted by molar-refractivity contribution is -0.151. The van der Waals surface area contributed by atoms with E-state index in [0.29, 0.717) is 29.4 Å². The van der Waals surface area contributed by atoms with Crippen molar-refractivity contribution < 1.29 is 28.5 Å². The minimum absolute atomic E-state index is 0.0673. The van der Waals surface area contributed by atoms with Gasteiger partial charge < -0.3 is 29.6 Å². The molecule has 8 nitrogen and oxygen atoms in total. The number of nitrogens with one attached hydrogen (secondary N) is 2. The Balaban J connectivity index is 1.54. The Kier molecular flexibility index (Phi) is 4.42. The van der Waals surface area contributed by atoms with Gasteiger partial charge in [-0.1, -0.05) is 12.6 Å². The molecule has 8 heteroatoms. The smallest absolute Gasteiger partial charge is 0.319 e. The molecule has 3 heterocycles. The van der Waals surface area contributed by atoms with E-state index in [4.69, 9.17) is 18.9 Å². The van der Waals surface area contributed by atoms with Crippen LogP contribution in [0.1, 0.15) is 24.4 Å². The second-order valence-electron chi connectivity index (χ2n) is 6.46. The molecule has 4 rings (SSSR count). The number of esters is 1. The maximum atomic E-state index is 12.7. The first kappa shape index (κ1) is 16.7. The maximum absolute atomic E-state index is 12.7. The lowest BCUT2D eigenvalue weighted by Gasteiger charge is -2.33. The molecule has 0 spiro atoms. The highest BCUT2D eigenvalue weighted by atomic mass is 16.7. The largest absolute Gasteiger partial charge is 0.462 e. The Morgan fingerprint density at radius 2 is 2.15 bits per heavy atom. The van der Waals surface area contributed by atoms with Gasteiger partial charge in [0.25, 0.3) is 0 Å². The zero-order valence-corrected chi connectivity index (χ0v) is 14.2. The molecule has 2 N–H and O–H groups in total. The molecule has 1 aromatic rings. The van der Waals surface area contributed by atoms with Crippen LogP contribution in [0.2, 0.25) is 0 Å². The molecule has 3 atom stereocenters. The Morgan fingerprint density at radius 1 is 1.31 bits per heavy atom. The highest BCUT2D eigenvalue weighted by Crippen LogP contribution is 2.38. The van der Waals surface area contributed by atoms with Crippen molar-refractivity contribution in [1.82, 2.24) is 10.6 Å². The van der Waals surface area contributed by atoms with Gasteiger partial charge in [-0.15, -0.1) is 0 Å². The fraction of sp³-hybridized carbons (Fsp3) is 0.444. The van der Waals surface area contributed by atoms with Crippen LogP contribution >= 0.6 is 0 Å². The van der Waals surface area contributed by atoms with Crippen molar-refractivity contribution in [2.24, 2.45) is 5.92 Å². The average Bonchev–Trinajstić information content (AvgIpc) is 3.29. The van der Waals surface area contributed by atoms with Gasteiger partial charge in [0.05, 0.1) is 12.1 Å². The van der Waals surface area contributed by atoms with Crippen molar-refractivity contribution in [3.05, 3.63) is 36.0 Å². The highest BCUT2D eigenvalue weighted by Gasteiger charge is 2.39. The SMILES string of the molecule is C=C1NC(=O)NC(c2ccc3c(c2)OCO3)C1C(=O)OCC1CCCO1. The zero-order chi connectivity index (χ0) is 18.1. The van der Waals surface area contributed by atoms with Gasteiger partial charge in [0.15, 0.2) is 11.5 Å². The quantitative estimate of drug-likeness (QED) is 0.793. The lowest BCUT2D eigenvalue weighted by Crippen LogP contribution is -2.51. The van der Waals surface area contributed by atoms with E-state index in [2.05, 4.69) is 17.2 Å². The van der Waals surface area contributed by atoms with Crippen molar-refractivity contribution in [3.63, 3.8) is 0 Å². The molecule has 2 fully saturated rings. The maximum Gasteiger partial charge on any atom is 0.319 e. The van der Waals surface area contributed by atoms with Crippen LogP contribution in [0.25, 0.3) is 0 Å². The molecule has 3 aliphatic rings. The van der Waals surface area contributed by atoms with Crippen molar-refractivity contribution >= 4 is 12.0 Å². The van der Waals surface area contributed by atoms with Crippen LogP contribution in [0.4, 0.5) is 4.79 Å². The number of fused-ring (bicyclic) bond motifs is 1. The summed E-state index contributed by atoms with van der Waals surface area (Å²) in [4.78, 5) is 24.6. The predicted molar refractivity (Wildman–Crippen MR) is 89.5 cm³/mol. The van der Waals surface area contributed by atoms with E-state index < -0.39 is 24.0 Å². The molecular formula is C18H20N2O6. The predicted octanol–water partition coefficient (Wildman–Crippen LogP) is 1.62. The lowest BCUT2D eigenvalue weighted by atomic mass is 9.89. The van der Waals surface area contributed by atoms with Crippen LogP contribution in [-0.2, 0) is 14.3 Å². The van der Waals surface area contributed by atoms with Crippen molar-refractivity contribution in [3.8, 4) is 11.5 Å². The van der Waals surface area contributed by atoms with E-state index >= 15 is 0 Å². The van der Waals surface area contributed by atoms with E-state index in [1.807, 2.05) is 0 Å². The number of rotatable bonds is 4. The molecule has 0 aromatic heterocycles. The zero-order valence-electron chi connectivity index (χ0n) is 14.2. The second kappa shape index (κ2) is 6.87. The van der Waals surface area contributed by atoms with Crippen LogP contribution in [0, 0.1) is 5.92 Å². The number of amides is 2. The average molecular weight is 360 g/mol. The van der Waals surface area contributed by atoms with Crippen LogP contribution in [0.3, 0.4) is 0 Å². The standard InChI is InChI=1S/C18H20N2O6/c1-10-15(17(21)24-8-12-3-2-6-23-12)16(20-18(22)19-10)11-4-5-13-14(7-11)26-9-25-13/h4-5,7,12,15-16H,1-3,6,8-9H2,(H2,19,20,22). The van der Waals surface area contributed by atoms with Gasteiger partial charge >= 0.3 is 12.0 Å². The summed E-state index contributed by atoms with van der Waals surface area (Å²) in [6.07, 6.45) is 1.78. The van der Waals surface area contributed by atoms with E-state index in [1.54, 1.807) is 18.2 Å². The molecule has 0 bridgehead atoms. The molecule has 26 heavy (non-hydrogen) atoms. The molecule has 2 amide bonds. The number of hydrogen-bond acceptors (Lipinski definition) is 6. The van der Waals surface area contributed by atoms with Gasteiger partial charge in [-0.25, -0.2) is 4.79 Å². The molecule has 1 aromatic carbocycles. The van der Waals surface area contributed by atoms with Gasteiger partial charge in [0, 0.05) is 12.3 Å². The van der Waals surface area contributed by atoms with Gasteiger partial charge in [-0.2, -0.15) is 0 Å². The molecule has 3 unspecified atom stereocenters. The molecule has 0 aliphatic carbocycles. The van der Waals surface area contributed by atoms with E-state index in [1.165, 1.54) is 0 Å². The number of hydrogen-bond donors (Lipinski definition) is 2. The Labute approximate surface area is 150 Å². The van der Waals surface area contributed by atoms with Crippen LogP contribution in [0.15, 0.2) is 30.5 Å². The van der Waals surface area contributed by atoms with Gasteiger partial charge in [0.1, 0.15) is 12.5 Å². The summed E-state index contributed by atoms with van der Waals surface area (Å²) in [6.45, 7) is 4.87. The fourth-order valence-electron chi connectivity index (χ4n) is 3.39. The van der Waals surface area contributed by atoms with Crippen LogP contribution in [0.5, 0.6) is 11.5 Å². The molecule has 0 saturated carbocycles. The summed E-state index contributed by atoms with van der Waals surface area (Å²) in [7, 11) is 0. The van der Waals surface area contributed by atoms with Gasteiger partial charge in [-0.05, 0) is 30.5 Å². The summed E-state index contributed by atoms with van der Waals surface area (Å²) in [6, 6.07) is 4.27. The summed E-state index contributed by atoms with van der Waals surface area (Å²) in [5.41, 5.74) is 1.01. The van der Waals surface area contributed by atoms with Crippen molar-refractivity contribution in [1.29, 1.82) is 0 Å². The summed E-state index contributed by atoms with van der Waals surface area (Å²) in [5.74, 6) is -0.00662. The molecule has 3 aliphatic heterocycles. The fourth-order valence-corrected chi connectivity index (χ4v) is 3.39. The Bertz CT molecular complexity index is 743. The summed E-state index contributed by atoms with van der Waals surface area (Å²) >= 11 is 0. The number of carbonyl (C=O) groups is 2. The summed E-state index contributed by atoms with van der Waals surface area (Å²) in [5, 5.41) is 5.33. The number of carbonyl (C=O) groups excluding carboxylic acids is 2. The number of ether oxygens (including phenoxy) is 4. The monoisotopic (exact) mass is 360 g/mol. The molecule has 0 radical (unpaired) electrons. The first-order valence-electron chi connectivity index (χ1n) is 8.56. The third kappa shape index (κ3) is 3.20. The second-order valence-corrected chi connectivity index (χ2v) is 6.46. The van der Waals surface area contributed by atoms with E-state index in [-0.39, 0.29) is 19.5 Å². The van der Waals surface area contributed by atoms with Crippen molar-refractivity contribution in [2.75, 3.05) is 20.0 Å². The Hall–Kier alpha value is -2.74. The van der Waals surface area contributed by atoms with Gasteiger partial charge in [0.2, 0.25) is 6.79 Å². The van der Waals surface area contributed by atoms with Gasteiger partial charge in [-0.3, -0.25) is 4.79 Å². The third-order valence-corrected chi connectivity index (χ3v) is 4.71. The minimum Gasteiger partial charge on any atom is -0.462 e. The number of urea groups is 1.